The summed E-state index contributed by atoms with van der Waals surface area (Å²) in [5.74, 6) is 1.30. The lowest BCUT2D eigenvalue weighted by atomic mass is 10.1. The van der Waals surface area contributed by atoms with Gasteiger partial charge in [0, 0.05) is 26.1 Å². The molecule has 2 N–H and O–H groups in total. The minimum atomic E-state index is 0.741. The van der Waals surface area contributed by atoms with Gasteiger partial charge in [-0.05, 0) is 25.7 Å². The third-order valence-electron chi connectivity index (χ3n) is 4.09. The first-order valence-corrected chi connectivity index (χ1v) is 9.01. The molecule has 1 aliphatic rings. The second-order valence-electron chi connectivity index (χ2n) is 5.99. The van der Waals surface area contributed by atoms with Crippen LogP contribution in [0.1, 0.15) is 71.1 Å². The van der Waals surface area contributed by atoms with Gasteiger partial charge in [0.05, 0.1) is 12.4 Å². The molecule has 21 heavy (non-hydrogen) atoms. The molecule has 0 saturated heterocycles. The molecular weight excluding hydrogens is 258 g/mol. The number of aliphatic imine (C=N–C) groups is 1. The SMILES string of the molecule is CCCC/C=C/CCCCCCCC1=NCCN1CCN. The molecular formula is C18H35N3. The zero-order valence-electron chi connectivity index (χ0n) is 14.0. The van der Waals surface area contributed by atoms with Crippen molar-refractivity contribution in [3.63, 3.8) is 0 Å². The van der Waals surface area contributed by atoms with Crippen LogP contribution in [0.25, 0.3) is 0 Å². The first-order valence-electron chi connectivity index (χ1n) is 9.01. The molecule has 0 fully saturated rings. The summed E-state index contributed by atoms with van der Waals surface area (Å²) in [6.07, 6.45) is 17.8. The van der Waals surface area contributed by atoms with Gasteiger partial charge in [-0.3, -0.25) is 4.99 Å². The molecule has 0 spiro atoms. The molecule has 0 aromatic heterocycles. The molecule has 3 nitrogen and oxygen atoms in total. The van der Waals surface area contributed by atoms with E-state index in [1.165, 1.54) is 63.6 Å². The summed E-state index contributed by atoms with van der Waals surface area (Å²) in [5.41, 5.74) is 5.63. The van der Waals surface area contributed by atoms with Crippen LogP contribution in [-0.2, 0) is 0 Å². The van der Waals surface area contributed by atoms with Crippen LogP contribution in [-0.4, -0.2) is 36.9 Å². The molecule has 1 aliphatic heterocycles. The second-order valence-corrected chi connectivity index (χ2v) is 5.99. The second kappa shape index (κ2) is 12.9. The van der Waals surface area contributed by atoms with Crippen LogP contribution in [0, 0.1) is 0 Å². The van der Waals surface area contributed by atoms with E-state index in [4.69, 9.17) is 5.73 Å². The van der Waals surface area contributed by atoms with Crippen LogP contribution in [0.3, 0.4) is 0 Å². The Labute approximate surface area is 131 Å². The Morgan fingerprint density at radius 1 is 1.05 bits per heavy atom. The van der Waals surface area contributed by atoms with E-state index < -0.39 is 0 Å². The maximum Gasteiger partial charge on any atom is 0.0990 e. The maximum absolute atomic E-state index is 5.63. The van der Waals surface area contributed by atoms with Gasteiger partial charge in [0.2, 0.25) is 0 Å². The Morgan fingerprint density at radius 2 is 1.76 bits per heavy atom. The van der Waals surface area contributed by atoms with Crippen molar-refractivity contribution < 1.29 is 0 Å². The van der Waals surface area contributed by atoms with Gasteiger partial charge in [0.1, 0.15) is 0 Å². The highest BCUT2D eigenvalue weighted by Crippen LogP contribution is 2.12. The van der Waals surface area contributed by atoms with Crippen molar-refractivity contribution >= 4 is 5.84 Å². The average molecular weight is 293 g/mol. The molecule has 0 bridgehead atoms. The van der Waals surface area contributed by atoms with Crippen molar-refractivity contribution in [1.82, 2.24) is 4.90 Å². The summed E-state index contributed by atoms with van der Waals surface area (Å²) in [6, 6.07) is 0. The lowest BCUT2D eigenvalue weighted by Crippen LogP contribution is -2.32. The van der Waals surface area contributed by atoms with E-state index in [0.717, 1.165) is 32.6 Å². The summed E-state index contributed by atoms with van der Waals surface area (Å²) in [4.78, 5) is 6.96. The van der Waals surface area contributed by atoms with Gasteiger partial charge in [-0.1, -0.05) is 51.2 Å². The van der Waals surface area contributed by atoms with Gasteiger partial charge >= 0.3 is 0 Å². The van der Waals surface area contributed by atoms with Crippen molar-refractivity contribution in [3.05, 3.63) is 12.2 Å². The Balaban J connectivity index is 1.89. The van der Waals surface area contributed by atoms with E-state index in [1.807, 2.05) is 0 Å². The standard InChI is InChI=1S/C18H35N3/c1-2-3-4-5-6-7-8-9-10-11-12-13-18-20-15-17-21(18)16-14-19/h5-6H,2-4,7-17,19H2,1H3/b6-5+. The van der Waals surface area contributed by atoms with E-state index in [1.54, 1.807) is 0 Å². The molecule has 0 amide bonds. The number of unbranched alkanes of at least 4 members (excludes halogenated alkanes) is 7. The number of allylic oxidation sites excluding steroid dienone is 2. The summed E-state index contributed by atoms with van der Waals surface area (Å²) < 4.78 is 0. The molecule has 0 unspecified atom stereocenters. The number of hydrogen-bond acceptors (Lipinski definition) is 3. The van der Waals surface area contributed by atoms with Gasteiger partial charge in [-0.15, -0.1) is 0 Å². The van der Waals surface area contributed by atoms with Crippen molar-refractivity contribution in [2.75, 3.05) is 26.2 Å². The van der Waals surface area contributed by atoms with E-state index in [9.17, 15) is 0 Å². The molecule has 0 radical (unpaired) electrons. The Kier molecular flexibility index (Phi) is 11.2. The third kappa shape index (κ3) is 8.92. The molecule has 122 valence electrons. The van der Waals surface area contributed by atoms with Crippen LogP contribution in [0.15, 0.2) is 17.1 Å². The molecule has 0 aromatic rings. The van der Waals surface area contributed by atoms with E-state index >= 15 is 0 Å². The largest absolute Gasteiger partial charge is 0.357 e. The first kappa shape index (κ1) is 18.2. The van der Waals surface area contributed by atoms with Crippen molar-refractivity contribution in [2.45, 2.75) is 71.1 Å². The smallest absolute Gasteiger partial charge is 0.0990 e. The molecule has 0 saturated carbocycles. The van der Waals surface area contributed by atoms with Gasteiger partial charge < -0.3 is 10.6 Å². The van der Waals surface area contributed by atoms with Crippen molar-refractivity contribution in [2.24, 2.45) is 10.7 Å². The lowest BCUT2D eigenvalue weighted by molar-refractivity contribution is 0.456. The van der Waals surface area contributed by atoms with E-state index in [-0.39, 0.29) is 0 Å². The van der Waals surface area contributed by atoms with Gasteiger partial charge in [0.15, 0.2) is 0 Å². The molecule has 3 heteroatoms. The fourth-order valence-electron chi connectivity index (χ4n) is 2.80. The van der Waals surface area contributed by atoms with Crippen LogP contribution in [0.4, 0.5) is 0 Å². The lowest BCUT2D eigenvalue weighted by Gasteiger charge is -2.19. The van der Waals surface area contributed by atoms with Crippen LogP contribution in [0.5, 0.6) is 0 Å². The minimum absolute atomic E-state index is 0.741. The Bertz CT molecular complexity index is 297. The average Bonchev–Trinajstić information content (AvgIpc) is 2.92. The molecule has 0 aliphatic carbocycles. The van der Waals surface area contributed by atoms with E-state index in [0.29, 0.717) is 0 Å². The van der Waals surface area contributed by atoms with Gasteiger partial charge in [-0.2, -0.15) is 0 Å². The predicted octanol–water partition coefficient (Wildman–Crippen LogP) is 4.14. The zero-order chi connectivity index (χ0) is 15.2. The summed E-state index contributed by atoms with van der Waals surface area (Å²) in [7, 11) is 0. The number of nitrogens with zero attached hydrogens (tertiary/aromatic N) is 2. The molecule has 0 aromatic carbocycles. The predicted molar refractivity (Wildman–Crippen MR) is 93.9 cm³/mol. The monoisotopic (exact) mass is 293 g/mol. The minimum Gasteiger partial charge on any atom is -0.357 e. The summed E-state index contributed by atoms with van der Waals surface area (Å²) in [5, 5.41) is 0. The Morgan fingerprint density at radius 3 is 2.52 bits per heavy atom. The highest BCUT2D eigenvalue weighted by molar-refractivity contribution is 5.83. The quantitative estimate of drug-likeness (QED) is 0.409. The zero-order valence-corrected chi connectivity index (χ0v) is 14.0. The fourth-order valence-corrected chi connectivity index (χ4v) is 2.80. The summed E-state index contributed by atoms with van der Waals surface area (Å²) in [6.45, 7) is 6.02. The molecule has 0 atom stereocenters. The topological polar surface area (TPSA) is 41.6 Å². The van der Waals surface area contributed by atoms with Crippen LogP contribution >= 0.6 is 0 Å². The van der Waals surface area contributed by atoms with Gasteiger partial charge in [0.25, 0.3) is 0 Å². The van der Waals surface area contributed by atoms with Crippen molar-refractivity contribution in [3.8, 4) is 0 Å². The fraction of sp³-hybridized carbons (Fsp3) is 0.833. The highest BCUT2D eigenvalue weighted by atomic mass is 15.2. The number of amidine groups is 1. The van der Waals surface area contributed by atoms with E-state index in [2.05, 4.69) is 29.0 Å². The Hall–Kier alpha value is -0.830. The highest BCUT2D eigenvalue weighted by Gasteiger charge is 2.14. The molecule has 1 rings (SSSR count). The summed E-state index contributed by atoms with van der Waals surface area (Å²) >= 11 is 0. The van der Waals surface area contributed by atoms with Crippen LogP contribution in [0.2, 0.25) is 0 Å². The number of nitrogens with two attached hydrogens (primary N) is 1. The number of rotatable bonds is 13. The maximum atomic E-state index is 5.63. The van der Waals surface area contributed by atoms with Crippen molar-refractivity contribution in [1.29, 1.82) is 0 Å². The normalized spacial score (nSPS) is 15.1. The van der Waals surface area contributed by atoms with Crippen LogP contribution < -0.4 is 5.73 Å². The third-order valence-corrected chi connectivity index (χ3v) is 4.09. The number of hydrogen-bond donors (Lipinski definition) is 1. The first-order chi connectivity index (χ1) is 10.4. The molecule has 1 heterocycles. The van der Waals surface area contributed by atoms with Gasteiger partial charge in [-0.25, -0.2) is 0 Å².